The van der Waals surface area contributed by atoms with Crippen LogP contribution >= 0.6 is 0 Å². The first-order chi connectivity index (χ1) is 11.7. The molecule has 24 heavy (non-hydrogen) atoms. The number of halogens is 1. The molecule has 0 radical (unpaired) electrons. The smallest absolute Gasteiger partial charge is 0.123 e. The van der Waals surface area contributed by atoms with E-state index in [4.69, 9.17) is 0 Å². The predicted molar refractivity (Wildman–Crippen MR) is 101 cm³/mol. The molecule has 3 rings (SSSR count). The van der Waals surface area contributed by atoms with Crippen LogP contribution in [0.2, 0.25) is 0 Å². The lowest BCUT2D eigenvalue weighted by atomic mass is 9.75. The molecule has 1 unspecified atom stereocenters. The molecule has 0 N–H and O–H groups in total. The second-order valence-electron chi connectivity index (χ2n) is 7.60. The van der Waals surface area contributed by atoms with Crippen molar-refractivity contribution in [3.8, 4) is 11.1 Å². The van der Waals surface area contributed by atoms with E-state index in [0.717, 1.165) is 23.3 Å². The maximum absolute atomic E-state index is 13.0. The first-order valence-electron chi connectivity index (χ1n) is 9.51. The Kier molecular flexibility index (Phi) is 5.71. The zero-order valence-electron chi connectivity index (χ0n) is 15.0. The standard InChI is InChI=1S/C23H29F/c1-3-17(2)16-18-4-6-19(7-5-18)20-8-10-21(11-9-20)22-12-14-23(24)15-13-22/h8-15,17-19H,3-7,16H2,1-2H3/t17?,18-,19-. The van der Waals surface area contributed by atoms with Crippen LogP contribution in [-0.4, -0.2) is 0 Å². The average molecular weight is 324 g/mol. The van der Waals surface area contributed by atoms with Crippen LogP contribution < -0.4 is 0 Å². The third-order valence-corrected chi connectivity index (χ3v) is 5.84. The Labute approximate surface area is 146 Å². The van der Waals surface area contributed by atoms with E-state index in [9.17, 15) is 4.39 Å². The minimum atomic E-state index is -0.176. The number of benzene rings is 2. The van der Waals surface area contributed by atoms with Gasteiger partial charge in [-0.15, -0.1) is 0 Å². The number of hydrogen-bond donors (Lipinski definition) is 0. The zero-order chi connectivity index (χ0) is 16.9. The maximum Gasteiger partial charge on any atom is 0.123 e. The van der Waals surface area contributed by atoms with Gasteiger partial charge in [-0.3, -0.25) is 0 Å². The Hall–Kier alpha value is -1.63. The van der Waals surface area contributed by atoms with E-state index in [0.29, 0.717) is 0 Å². The Morgan fingerprint density at radius 2 is 1.42 bits per heavy atom. The summed E-state index contributed by atoms with van der Waals surface area (Å²) < 4.78 is 13.0. The molecule has 0 heterocycles. The Bertz CT molecular complexity index is 618. The molecule has 1 saturated carbocycles. The van der Waals surface area contributed by atoms with E-state index in [-0.39, 0.29) is 5.82 Å². The summed E-state index contributed by atoms with van der Waals surface area (Å²) in [6.07, 6.45) is 8.15. The minimum Gasteiger partial charge on any atom is -0.207 e. The lowest BCUT2D eigenvalue weighted by Crippen LogP contribution is -2.15. The lowest BCUT2D eigenvalue weighted by molar-refractivity contribution is 0.273. The van der Waals surface area contributed by atoms with Crippen molar-refractivity contribution in [1.29, 1.82) is 0 Å². The van der Waals surface area contributed by atoms with Gasteiger partial charge in [-0.05, 0) is 78.7 Å². The molecule has 2 aromatic rings. The summed E-state index contributed by atoms with van der Waals surface area (Å²) in [6, 6.07) is 15.7. The van der Waals surface area contributed by atoms with Crippen molar-refractivity contribution in [3.05, 3.63) is 59.9 Å². The highest BCUT2D eigenvalue weighted by Crippen LogP contribution is 2.38. The van der Waals surface area contributed by atoms with Crippen LogP contribution in [0, 0.1) is 17.7 Å². The molecule has 0 spiro atoms. The highest BCUT2D eigenvalue weighted by molar-refractivity contribution is 5.63. The normalized spacial score (nSPS) is 22.3. The summed E-state index contributed by atoms with van der Waals surface area (Å²) in [5.74, 6) is 2.36. The summed E-state index contributed by atoms with van der Waals surface area (Å²) in [5, 5.41) is 0. The summed E-state index contributed by atoms with van der Waals surface area (Å²) in [6.45, 7) is 4.69. The van der Waals surface area contributed by atoms with E-state index < -0.39 is 0 Å². The van der Waals surface area contributed by atoms with Crippen LogP contribution in [-0.2, 0) is 0 Å². The largest absolute Gasteiger partial charge is 0.207 e. The van der Waals surface area contributed by atoms with Crippen molar-refractivity contribution < 1.29 is 4.39 Å². The highest BCUT2D eigenvalue weighted by atomic mass is 19.1. The minimum absolute atomic E-state index is 0.176. The van der Waals surface area contributed by atoms with Crippen LogP contribution in [0.25, 0.3) is 11.1 Å². The van der Waals surface area contributed by atoms with E-state index >= 15 is 0 Å². The van der Waals surface area contributed by atoms with Crippen LogP contribution in [0.3, 0.4) is 0 Å². The lowest BCUT2D eigenvalue weighted by Gasteiger charge is -2.30. The van der Waals surface area contributed by atoms with Gasteiger partial charge in [-0.25, -0.2) is 4.39 Å². The van der Waals surface area contributed by atoms with Crippen LogP contribution in [0.1, 0.15) is 63.9 Å². The second-order valence-corrected chi connectivity index (χ2v) is 7.60. The third kappa shape index (κ3) is 4.26. The summed E-state index contributed by atoms with van der Waals surface area (Å²) in [7, 11) is 0. The molecule has 1 aliphatic carbocycles. The fourth-order valence-electron chi connectivity index (χ4n) is 4.06. The van der Waals surface area contributed by atoms with E-state index in [1.54, 1.807) is 0 Å². The summed E-state index contributed by atoms with van der Waals surface area (Å²) in [4.78, 5) is 0. The molecule has 1 aliphatic rings. The third-order valence-electron chi connectivity index (χ3n) is 5.84. The molecule has 0 aliphatic heterocycles. The average Bonchev–Trinajstić information content (AvgIpc) is 2.63. The maximum atomic E-state index is 13.0. The van der Waals surface area contributed by atoms with Crippen molar-refractivity contribution in [2.24, 2.45) is 11.8 Å². The van der Waals surface area contributed by atoms with Gasteiger partial charge in [-0.1, -0.05) is 56.7 Å². The predicted octanol–water partition coefficient (Wildman–Crippen LogP) is 7.20. The van der Waals surface area contributed by atoms with Crippen LogP contribution in [0.15, 0.2) is 48.5 Å². The van der Waals surface area contributed by atoms with E-state index in [1.807, 2.05) is 12.1 Å². The molecule has 0 saturated heterocycles. The SMILES string of the molecule is CCC(C)C[C@H]1CC[C@H](c2ccc(-c3ccc(F)cc3)cc2)CC1. The fourth-order valence-corrected chi connectivity index (χ4v) is 4.06. The highest BCUT2D eigenvalue weighted by Gasteiger charge is 2.23. The van der Waals surface area contributed by atoms with E-state index in [2.05, 4.69) is 38.1 Å². The molecule has 0 nitrogen and oxygen atoms in total. The first-order valence-corrected chi connectivity index (χ1v) is 9.51. The molecular formula is C23H29F. The molecular weight excluding hydrogens is 295 g/mol. The topological polar surface area (TPSA) is 0 Å². The molecule has 128 valence electrons. The van der Waals surface area contributed by atoms with Crippen LogP contribution in [0.5, 0.6) is 0 Å². The number of rotatable bonds is 5. The molecule has 0 aromatic heterocycles. The second kappa shape index (κ2) is 7.96. The fraction of sp³-hybridized carbons (Fsp3) is 0.478. The molecule has 0 bridgehead atoms. The molecule has 1 fully saturated rings. The van der Waals surface area contributed by atoms with Crippen molar-refractivity contribution in [2.45, 2.75) is 58.3 Å². The first kappa shape index (κ1) is 17.2. The van der Waals surface area contributed by atoms with Gasteiger partial charge in [0.05, 0.1) is 0 Å². The number of hydrogen-bond acceptors (Lipinski definition) is 0. The Morgan fingerprint density at radius 3 is 1.96 bits per heavy atom. The van der Waals surface area contributed by atoms with Gasteiger partial charge >= 0.3 is 0 Å². The van der Waals surface area contributed by atoms with Gasteiger partial charge in [0.15, 0.2) is 0 Å². The van der Waals surface area contributed by atoms with Crippen molar-refractivity contribution >= 4 is 0 Å². The quantitative estimate of drug-likeness (QED) is 0.545. The summed E-state index contributed by atoms with van der Waals surface area (Å²) >= 11 is 0. The van der Waals surface area contributed by atoms with E-state index in [1.165, 1.54) is 61.8 Å². The van der Waals surface area contributed by atoms with Crippen molar-refractivity contribution in [2.75, 3.05) is 0 Å². The van der Waals surface area contributed by atoms with Gasteiger partial charge in [0.2, 0.25) is 0 Å². The van der Waals surface area contributed by atoms with Gasteiger partial charge in [0.25, 0.3) is 0 Å². The molecule has 2 aromatic carbocycles. The van der Waals surface area contributed by atoms with Crippen LogP contribution in [0.4, 0.5) is 4.39 Å². The van der Waals surface area contributed by atoms with Crippen molar-refractivity contribution in [3.63, 3.8) is 0 Å². The Morgan fingerprint density at radius 1 is 0.875 bits per heavy atom. The zero-order valence-corrected chi connectivity index (χ0v) is 15.0. The molecule has 1 atom stereocenters. The molecule has 1 heteroatoms. The van der Waals surface area contributed by atoms with Crippen molar-refractivity contribution in [1.82, 2.24) is 0 Å². The van der Waals surface area contributed by atoms with Gasteiger partial charge in [0.1, 0.15) is 5.82 Å². The van der Waals surface area contributed by atoms with Gasteiger partial charge in [-0.2, -0.15) is 0 Å². The van der Waals surface area contributed by atoms with Gasteiger partial charge < -0.3 is 0 Å². The monoisotopic (exact) mass is 324 g/mol. The Balaban J connectivity index is 1.59. The molecule has 0 amide bonds. The summed E-state index contributed by atoms with van der Waals surface area (Å²) in [5.41, 5.74) is 3.73. The van der Waals surface area contributed by atoms with Gasteiger partial charge in [0, 0.05) is 0 Å².